The van der Waals surface area contributed by atoms with Gasteiger partial charge in [-0.15, -0.1) is 0 Å². The maximum atomic E-state index is 4.50. The summed E-state index contributed by atoms with van der Waals surface area (Å²) in [7, 11) is 0. The van der Waals surface area contributed by atoms with Crippen LogP contribution in [0.1, 0.15) is 26.7 Å². The number of hydrogen-bond donors (Lipinski definition) is 2. The van der Waals surface area contributed by atoms with E-state index < -0.39 is 0 Å². The zero-order chi connectivity index (χ0) is 10.7. The molecule has 1 saturated heterocycles. The molecule has 1 unspecified atom stereocenters. The Morgan fingerprint density at radius 3 is 3.13 bits per heavy atom. The zero-order valence-corrected chi connectivity index (χ0v) is 9.79. The summed E-state index contributed by atoms with van der Waals surface area (Å²) in [6.45, 7) is 8.64. The molecule has 0 saturated carbocycles. The van der Waals surface area contributed by atoms with Crippen LogP contribution in [0.2, 0.25) is 0 Å². The molecule has 0 aromatic heterocycles. The number of nitrogens with zero attached hydrogens (tertiary/aromatic N) is 2. The molecule has 4 nitrogen and oxygen atoms in total. The molecular weight excluding hydrogens is 188 g/mol. The van der Waals surface area contributed by atoms with E-state index in [4.69, 9.17) is 0 Å². The molecule has 1 fully saturated rings. The molecule has 2 aliphatic heterocycles. The van der Waals surface area contributed by atoms with Crippen molar-refractivity contribution in [1.29, 1.82) is 0 Å². The largest absolute Gasteiger partial charge is 0.355 e. The first-order chi connectivity index (χ1) is 7.27. The number of hydrogen-bond acceptors (Lipinski definition) is 4. The van der Waals surface area contributed by atoms with E-state index in [9.17, 15) is 0 Å². The van der Waals surface area contributed by atoms with Gasteiger partial charge >= 0.3 is 0 Å². The molecule has 4 heteroatoms. The Morgan fingerprint density at radius 1 is 1.60 bits per heavy atom. The van der Waals surface area contributed by atoms with Crippen LogP contribution in [0.25, 0.3) is 0 Å². The van der Waals surface area contributed by atoms with Gasteiger partial charge in [0.25, 0.3) is 0 Å². The van der Waals surface area contributed by atoms with E-state index in [1.807, 2.05) is 0 Å². The highest BCUT2D eigenvalue weighted by Gasteiger charge is 2.21. The van der Waals surface area contributed by atoms with E-state index in [-0.39, 0.29) is 0 Å². The molecule has 2 heterocycles. The van der Waals surface area contributed by atoms with Gasteiger partial charge in [0.15, 0.2) is 5.96 Å². The predicted octanol–water partition coefficient (Wildman–Crippen LogP) is 0.408. The van der Waals surface area contributed by atoms with Crippen LogP contribution in [0, 0.1) is 0 Å². The second-order valence-electron chi connectivity index (χ2n) is 4.67. The Kier molecular flexibility index (Phi) is 3.46. The highest BCUT2D eigenvalue weighted by molar-refractivity contribution is 5.81. The minimum absolute atomic E-state index is 0.551. The van der Waals surface area contributed by atoms with E-state index in [0.717, 1.165) is 25.6 Å². The van der Waals surface area contributed by atoms with E-state index in [1.54, 1.807) is 0 Å². The molecule has 15 heavy (non-hydrogen) atoms. The summed E-state index contributed by atoms with van der Waals surface area (Å²) in [5, 5.41) is 6.96. The Balaban J connectivity index is 1.78. The van der Waals surface area contributed by atoms with Crippen molar-refractivity contribution >= 4 is 5.96 Å². The highest BCUT2D eigenvalue weighted by atomic mass is 15.3. The maximum Gasteiger partial charge on any atom is 0.194 e. The summed E-state index contributed by atoms with van der Waals surface area (Å²) in [6.07, 6.45) is 2.61. The van der Waals surface area contributed by atoms with Crippen LogP contribution in [0.4, 0.5) is 0 Å². The quantitative estimate of drug-likeness (QED) is 0.708. The minimum Gasteiger partial charge on any atom is -0.355 e. The van der Waals surface area contributed by atoms with Gasteiger partial charge in [-0.3, -0.25) is 4.99 Å². The number of nitrogens with one attached hydrogen (secondary N) is 2. The minimum atomic E-state index is 0.551. The van der Waals surface area contributed by atoms with Crippen LogP contribution in [0.15, 0.2) is 4.99 Å². The van der Waals surface area contributed by atoms with E-state index in [2.05, 4.69) is 34.4 Å². The summed E-state index contributed by atoms with van der Waals surface area (Å²) in [6, 6.07) is 1.19. The monoisotopic (exact) mass is 210 g/mol. The fourth-order valence-electron chi connectivity index (χ4n) is 2.27. The first-order valence-corrected chi connectivity index (χ1v) is 6.05. The predicted molar refractivity (Wildman–Crippen MR) is 63.2 cm³/mol. The summed E-state index contributed by atoms with van der Waals surface area (Å²) >= 11 is 0. The maximum absolute atomic E-state index is 4.50. The van der Waals surface area contributed by atoms with Gasteiger partial charge in [-0.2, -0.15) is 0 Å². The van der Waals surface area contributed by atoms with Crippen LogP contribution in [0.5, 0.6) is 0 Å². The average molecular weight is 210 g/mol. The lowest BCUT2D eigenvalue weighted by atomic mass is 10.2. The fraction of sp³-hybridized carbons (Fsp3) is 0.909. The third-order valence-electron chi connectivity index (χ3n) is 3.17. The molecule has 0 aromatic carbocycles. The second kappa shape index (κ2) is 4.84. The number of aliphatic imine (C=N–C) groups is 1. The van der Waals surface area contributed by atoms with Crippen molar-refractivity contribution in [2.75, 3.05) is 26.2 Å². The molecule has 0 spiro atoms. The van der Waals surface area contributed by atoms with Gasteiger partial charge in [0.1, 0.15) is 0 Å². The molecule has 1 atom stereocenters. The molecule has 0 amide bonds. The Hall–Kier alpha value is -0.770. The van der Waals surface area contributed by atoms with Gasteiger partial charge in [-0.05, 0) is 33.2 Å². The van der Waals surface area contributed by atoms with Gasteiger partial charge in [0, 0.05) is 25.2 Å². The van der Waals surface area contributed by atoms with E-state index in [1.165, 1.54) is 19.4 Å². The molecule has 2 rings (SSSR count). The molecule has 0 radical (unpaired) electrons. The summed E-state index contributed by atoms with van der Waals surface area (Å²) in [4.78, 5) is 6.85. The van der Waals surface area contributed by atoms with Gasteiger partial charge in [-0.25, -0.2) is 0 Å². The van der Waals surface area contributed by atoms with Crippen molar-refractivity contribution in [3.63, 3.8) is 0 Å². The Bertz CT molecular complexity index is 231. The van der Waals surface area contributed by atoms with Crippen molar-refractivity contribution in [1.82, 2.24) is 15.5 Å². The van der Waals surface area contributed by atoms with Gasteiger partial charge in [0.2, 0.25) is 0 Å². The standard InChI is InChI=1S/C11H22N4/c1-9(2)15-7-6-13-11(15)14-8-10-4-3-5-12-10/h9-10,12H,3-8H2,1-2H3,(H,13,14). The third-order valence-corrected chi connectivity index (χ3v) is 3.17. The summed E-state index contributed by atoms with van der Waals surface area (Å²) < 4.78 is 0. The number of rotatable bonds is 3. The van der Waals surface area contributed by atoms with Gasteiger partial charge in [0.05, 0.1) is 6.54 Å². The van der Waals surface area contributed by atoms with Gasteiger partial charge in [-0.1, -0.05) is 0 Å². The van der Waals surface area contributed by atoms with E-state index in [0.29, 0.717) is 12.1 Å². The highest BCUT2D eigenvalue weighted by Crippen LogP contribution is 2.07. The second-order valence-corrected chi connectivity index (χ2v) is 4.67. The average Bonchev–Trinajstić information content (AvgIpc) is 2.86. The lowest BCUT2D eigenvalue weighted by Gasteiger charge is -2.26. The fourth-order valence-corrected chi connectivity index (χ4v) is 2.27. The summed E-state index contributed by atoms with van der Waals surface area (Å²) in [5.41, 5.74) is 0. The molecule has 86 valence electrons. The normalized spacial score (nSPS) is 26.2. The molecule has 0 aliphatic carbocycles. The van der Waals surface area contributed by atoms with E-state index >= 15 is 0 Å². The molecular formula is C11H22N4. The van der Waals surface area contributed by atoms with Crippen LogP contribution in [-0.4, -0.2) is 49.1 Å². The van der Waals surface area contributed by atoms with Crippen LogP contribution in [-0.2, 0) is 0 Å². The lowest BCUT2D eigenvalue weighted by Crippen LogP contribution is -2.46. The Morgan fingerprint density at radius 2 is 2.47 bits per heavy atom. The van der Waals surface area contributed by atoms with Gasteiger partial charge < -0.3 is 15.5 Å². The molecule has 0 bridgehead atoms. The number of guanidine groups is 1. The van der Waals surface area contributed by atoms with Crippen molar-refractivity contribution in [2.45, 2.75) is 38.8 Å². The first-order valence-electron chi connectivity index (χ1n) is 6.05. The van der Waals surface area contributed by atoms with Crippen molar-refractivity contribution in [2.24, 2.45) is 4.99 Å². The van der Waals surface area contributed by atoms with Crippen LogP contribution >= 0.6 is 0 Å². The van der Waals surface area contributed by atoms with Crippen LogP contribution < -0.4 is 10.6 Å². The SMILES string of the molecule is CC(C)N1CCN=C1NCC1CCCN1. The molecule has 2 N–H and O–H groups in total. The molecule has 2 aliphatic rings. The topological polar surface area (TPSA) is 39.7 Å². The third kappa shape index (κ3) is 2.62. The Labute approximate surface area is 92.1 Å². The first kappa shape index (κ1) is 10.7. The summed E-state index contributed by atoms with van der Waals surface area (Å²) in [5.74, 6) is 1.10. The molecule has 0 aromatic rings. The van der Waals surface area contributed by atoms with Crippen molar-refractivity contribution in [3.8, 4) is 0 Å². The lowest BCUT2D eigenvalue weighted by molar-refractivity contribution is 0.367. The van der Waals surface area contributed by atoms with Crippen LogP contribution in [0.3, 0.4) is 0 Å². The smallest absolute Gasteiger partial charge is 0.194 e. The zero-order valence-electron chi connectivity index (χ0n) is 9.79. The van der Waals surface area contributed by atoms with Crippen molar-refractivity contribution in [3.05, 3.63) is 0 Å². The van der Waals surface area contributed by atoms with Crippen molar-refractivity contribution < 1.29 is 0 Å².